The van der Waals surface area contributed by atoms with E-state index < -0.39 is 51.5 Å². The zero-order valence-corrected chi connectivity index (χ0v) is 29.6. The minimum absolute atomic E-state index is 0. The molecule has 0 bridgehead atoms. The van der Waals surface area contributed by atoms with E-state index in [-0.39, 0.29) is 107 Å². The molecule has 3 amide bonds. The fraction of sp³-hybridized carbons (Fsp3) is 0.167. The Morgan fingerprint density at radius 3 is 1.04 bits per heavy atom. The van der Waals surface area contributed by atoms with Gasteiger partial charge in [0.15, 0.2) is 0 Å². The van der Waals surface area contributed by atoms with Gasteiger partial charge in [0.25, 0.3) is 34.4 Å². The van der Waals surface area contributed by atoms with E-state index in [9.17, 15) is 44.4 Å². The summed E-state index contributed by atoms with van der Waals surface area (Å²) in [6.07, 6.45) is 0. The summed E-state index contributed by atoms with van der Waals surface area (Å²) in [6, 6.07) is 23.0. The summed E-state index contributed by atoms with van der Waals surface area (Å²) in [5, 5.41) is 47.3. The maximum absolute atomic E-state index is 13.0. The van der Waals surface area contributed by atoms with Gasteiger partial charge in [-0.25, -0.2) is 0 Å². The Balaban J connectivity index is 0.00000541. The number of hydrogen-bond acceptors (Lipinski definition) is 10. The van der Waals surface area contributed by atoms with Crippen LogP contribution in [0, 0.1) is 53.4 Å². The molecule has 16 nitrogen and oxygen atoms in total. The molecule has 274 valence electrons. The van der Waals surface area contributed by atoms with Crippen molar-refractivity contribution in [1.82, 2.24) is 35.0 Å². The van der Waals surface area contributed by atoms with Crippen molar-refractivity contribution in [2.45, 2.75) is 0 Å². The van der Waals surface area contributed by atoms with Gasteiger partial charge in [-0.2, -0.15) is 0 Å². The van der Waals surface area contributed by atoms with E-state index in [4.69, 9.17) is 0 Å². The van der Waals surface area contributed by atoms with Crippen molar-refractivity contribution < 1.29 is 52.1 Å². The molecule has 6 rings (SSSR count). The predicted molar refractivity (Wildman–Crippen MR) is 194 cm³/mol. The molecule has 0 saturated carbocycles. The molecule has 3 aromatic carbocycles. The molecule has 0 atom stereocenters. The summed E-state index contributed by atoms with van der Waals surface area (Å²) < 4.78 is 0.0574. The minimum atomic E-state index is -0.874. The second kappa shape index (κ2) is 16.8. The molecule has 0 fully saturated rings. The first-order chi connectivity index (χ1) is 25.0. The van der Waals surface area contributed by atoms with Gasteiger partial charge in [-0.1, -0.05) is 54.6 Å². The van der Waals surface area contributed by atoms with Crippen molar-refractivity contribution >= 4 is 50.0 Å². The monoisotopic (exact) mass is 869 g/mol. The number of amides is 3. The van der Waals surface area contributed by atoms with Crippen LogP contribution in [0.4, 0.5) is 0 Å². The van der Waals surface area contributed by atoms with E-state index in [1.807, 2.05) is 0 Å². The Labute approximate surface area is 329 Å². The summed E-state index contributed by atoms with van der Waals surface area (Å²) in [5.41, 5.74) is -3.81. The van der Waals surface area contributed by atoms with Gasteiger partial charge in [0, 0.05) is 55.4 Å². The largest absolute Gasteiger partial charge is 3.00 e. The van der Waals surface area contributed by atoms with Crippen molar-refractivity contribution in [2.24, 2.45) is 0 Å². The summed E-state index contributed by atoms with van der Waals surface area (Å²) in [5.74, 6) is -2.39. The molecule has 0 unspecified atom stereocenters. The number of pyridine rings is 3. The van der Waals surface area contributed by atoms with Crippen molar-refractivity contribution in [1.29, 1.82) is 0 Å². The molecular formula is C36H30HoN7O9. The number of carbonyl (C=O) groups excluding carboxylic acids is 3. The number of hydrogen-bond donors (Lipinski definition) is 3. The minimum Gasteiger partial charge on any atom is -0.803 e. The smallest absolute Gasteiger partial charge is 0.803 e. The third kappa shape index (κ3) is 8.20. The van der Waals surface area contributed by atoms with Crippen LogP contribution in [0.25, 0.3) is 32.3 Å². The average molecular weight is 870 g/mol. The molecule has 3 heterocycles. The van der Waals surface area contributed by atoms with E-state index >= 15 is 0 Å². The Morgan fingerprint density at radius 2 is 0.755 bits per heavy atom. The molecule has 0 aliphatic carbocycles. The van der Waals surface area contributed by atoms with Crippen LogP contribution in [0.1, 0.15) is 31.5 Å². The predicted octanol–water partition coefficient (Wildman–Crippen LogP) is 1.56. The molecule has 0 aliphatic heterocycles. The first-order valence-corrected chi connectivity index (χ1v) is 16.1. The maximum Gasteiger partial charge on any atom is 3.00 e. The SMILES string of the molecule is O=C(NCCN(CCNC(=O)c1cc2ccccc2c(=O)n1[O-])CCNC(=O)c1cc2ccccc2c(=O)n1[O-])c1cc2ccccc2c(=O)n1[O-].[Ho+3]. The Morgan fingerprint density at radius 1 is 0.491 bits per heavy atom. The molecule has 3 aromatic heterocycles. The van der Waals surface area contributed by atoms with Crippen molar-refractivity contribution in [3.05, 3.63) is 155 Å². The number of fused-ring (bicyclic) bond motifs is 3. The molecule has 0 radical (unpaired) electrons. The molecule has 0 saturated heterocycles. The van der Waals surface area contributed by atoms with Crippen LogP contribution in [-0.2, 0) is 0 Å². The van der Waals surface area contributed by atoms with E-state index in [0.717, 1.165) is 0 Å². The molecule has 17 heteroatoms. The molecule has 3 N–H and O–H groups in total. The van der Waals surface area contributed by atoms with Crippen LogP contribution >= 0.6 is 0 Å². The normalized spacial score (nSPS) is 11.0. The molecule has 0 aliphatic rings. The molecular weight excluding hydrogens is 839 g/mol. The number of aromatic nitrogens is 3. The fourth-order valence-electron chi connectivity index (χ4n) is 5.79. The van der Waals surface area contributed by atoms with Gasteiger partial charge >= 0.3 is 37.7 Å². The number of carbonyl (C=O) groups is 3. The Kier molecular flexibility index (Phi) is 12.2. The summed E-state index contributed by atoms with van der Waals surface area (Å²) in [7, 11) is 0. The molecule has 53 heavy (non-hydrogen) atoms. The average Bonchev–Trinajstić information content (AvgIpc) is 3.15. The number of benzene rings is 3. The fourth-order valence-corrected chi connectivity index (χ4v) is 5.79. The number of nitrogens with zero attached hydrogens (tertiary/aromatic N) is 4. The summed E-state index contributed by atoms with van der Waals surface area (Å²) in [6.45, 7) is 0.280. The van der Waals surface area contributed by atoms with Gasteiger partial charge in [-0.05, 0) is 52.6 Å². The molecule has 6 aromatic rings. The van der Waals surface area contributed by atoms with Crippen LogP contribution in [0.15, 0.2) is 105 Å². The zero-order chi connectivity index (χ0) is 36.9. The van der Waals surface area contributed by atoms with Crippen LogP contribution in [-0.4, -0.2) is 76.1 Å². The van der Waals surface area contributed by atoms with Crippen LogP contribution in [0.3, 0.4) is 0 Å². The third-order valence-electron chi connectivity index (χ3n) is 8.50. The first-order valence-electron chi connectivity index (χ1n) is 16.1. The number of nitrogens with one attached hydrogen (secondary N) is 3. The first kappa shape index (κ1) is 38.5. The van der Waals surface area contributed by atoms with Gasteiger partial charge in [0.1, 0.15) is 17.1 Å². The van der Waals surface area contributed by atoms with Gasteiger partial charge in [-0.15, -0.1) is 0 Å². The van der Waals surface area contributed by atoms with E-state index in [1.54, 1.807) is 59.5 Å². The maximum atomic E-state index is 13.0. The van der Waals surface area contributed by atoms with Gasteiger partial charge in [0.2, 0.25) is 0 Å². The second-order valence-electron chi connectivity index (χ2n) is 11.8. The van der Waals surface area contributed by atoms with E-state index in [0.29, 0.717) is 16.2 Å². The van der Waals surface area contributed by atoms with E-state index in [1.165, 1.54) is 36.4 Å². The standard InChI is InChI=1S/C36H30N7O9.Ho/c44-31(28-19-22-7-1-4-10-25(22)34(47)41(28)50)37-13-16-40(17-14-38-32(45)29-20-23-8-2-5-11-26(23)35(48)42(29)51)18-15-39-33(46)30-21-24-9-3-6-12-27(24)36(49)43(30)52;/h1-12,19-21H,13-18H2,(H,37,44)(H,38,45)(H,39,46);/q-3;+3. The number of rotatable bonds is 12. The third-order valence-corrected chi connectivity index (χ3v) is 8.50. The quantitative estimate of drug-likeness (QED) is 0.151. The van der Waals surface area contributed by atoms with Crippen molar-refractivity contribution in [2.75, 3.05) is 39.3 Å². The van der Waals surface area contributed by atoms with Crippen LogP contribution in [0.5, 0.6) is 0 Å². The second-order valence-corrected chi connectivity index (χ2v) is 11.8. The van der Waals surface area contributed by atoms with Crippen molar-refractivity contribution in [3.8, 4) is 0 Å². The van der Waals surface area contributed by atoms with Gasteiger partial charge < -0.3 is 45.8 Å². The van der Waals surface area contributed by atoms with Crippen molar-refractivity contribution in [3.63, 3.8) is 0 Å². The van der Waals surface area contributed by atoms with Gasteiger partial charge in [0.05, 0.1) is 0 Å². The topological polar surface area (TPSA) is 226 Å². The van der Waals surface area contributed by atoms with Crippen LogP contribution < -0.4 is 32.6 Å². The van der Waals surface area contributed by atoms with Gasteiger partial charge in [-0.3, -0.25) is 33.7 Å². The molecule has 0 spiro atoms. The Hall–Kier alpha value is -5.68. The zero-order valence-electron chi connectivity index (χ0n) is 27.7. The van der Waals surface area contributed by atoms with E-state index in [2.05, 4.69) is 16.0 Å². The summed E-state index contributed by atoms with van der Waals surface area (Å²) in [4.78, 5) is 78.1. The Bertz CT molecular complexity index is 2270. The summed E-state index contributed by atoms with van der Waals surface area (Å²) >= 11 is 0. The van der Waals surface area contributed by atoms with Crippen LogP contribution in [0.2, 0.25) is 0 Å².